The van der Waals surface area contributed by atoms with Gasteiger partial charge in [0.05, 0.1) is 4.88 Å². The molecule has 0 fully saturated rings. The lowest BCUT2D eigenvalue weighted by molar-refractivity contribution is 0.0653. The van der Waals surface area contributed by atoms with Crippen LogP contribution in [0.25, 0.3) is 32.5 Å². The van der Waals surface area contributed by atoms with Crippen LogP contribution in [0.3, 0.4) is 0 Å². The molecule has 6 nitrogen and oxygen atoms in total. The molecule has 3 aromatic carbocycles. The van der Waals surface area contributed by atoms with Crippen molar-refractivity contribution >= 4 is 33.2 Å². The van der Waals surface area contributed by atoms with Crippen molar-refractivity contribution in [3.8, 4) is 28.1 Å². The van der Waals surface area contributed by atoms with Crippen LogP contribution >= 0.6 is 11.3 Å². The number of hydrogen-bond acceptors (Lipinski definition) is 6. The lowest BCUT2D eigenvalue weighted by Gasteiger charge is -2.06. The average Bonchev–Trinajstić information content (AvgIpc) is 3.44. The van der Waals surface area contributed by atoms with E-state index in [-0.39, 0.29) is 17.4 Å². The number of oxazole rings is 1. The first-order valence-electron chi connectivity index (χ1n) is 9.66. The molecule has 0 saturated carbocycles. The number of carbonyl (C=O) groups is 2. The molecule has 0 bridgehead atoms. The number of thiophene rings is 1. The van der Waals surface area contributed by atoms with Gasteiger partial charge < -0.3 is 14.6 Å². The molecule has 0 aliphatic rings. The van der Waals surface area contributed by atoms with Crippen LogP contribution in [0.5, 0.6) is 5.75 Å². The second kappa shape index (κ2) is 7.79. The molecule has 0 aliphatic carbocycles. The molecule has 156 valence electrons. The summed E-state index contributed by atoms with van der Waals surface area (Å²) in [5, 5.41) is 19.8. The molecule has 2 heterocycles. The number of phenolic OH excluding ortho intramolecular Hbond substituents is 1. The summed E-state index contributed by atoms with van der Waals surface area (Å²) >= 11 is 1.34. The van der Waals surface area contributed by atoms with Crippen LogP contribution in [-0.4, -0.2) is 26.9 Å². The standard InChI is InChI=1S/C25H15NO5S/c27-17-10-11-18-20(12-17)32-23(22(28)16-4-2-1-3-5-16)21(18)15-8-6-14(7-9-15)19-13-31-24(26-19)25(29)30/h1-13,27H,(H,29,30). The summed E-state index contributed by atoms with van der Waals surface area (Å²) in [5.41, 5.74) is 3.31. The zero-order valence-corrected chi connectivity index (χ0v) is 17.3. The van der Waals surface area contributed by atoms with Crippen molar-refractivity contribution in [1.82, 2.24) is 4.98 Å². The minimum Gasteiger partial charge on any atom is -0.508 e. The summed E-state index contributed by atoms with van der Waals surface area (Å²) in [7, 11) is 0. The summed E-state index contributed by atoms with van der Waals surface area (Å²) in [5.74, 6) is -1.55. The third-order valence-corrected chi connectivity index (χ3v) is 6.22. The molecule has 0 saturated heterocycles. The summed E-state index contributed by atoms with van der Waals surface area (Å²) in [6.45, 7) is 0. The molecule has 0 radical (unpaired) electrons. The molecular weight excluding hydrogens is 426 g/mol. The summed E-state index contributed by atoms with van der Waals surface area (Å²) in [4.78, 5) is 28.9. The molecule has 0 spiro atoms. The number of aromatic carboxylic acids is 1. The van der Waals surface area contributed by atoms with Crippen molar-refractivity contribution in [2.45, 2.75) is 0 Å². The lowest BCUT2D eigenvalue weighted by atomic mass is 9.97. The highest BCUT2D eigenvalue weighted by atomic mass is 32.1. The molecule has 0 atom stereocenters. The fraction of sp³-hybridized carbons (Fsp3) is 0. The first-order chi connectivity index (χ1) is 15.5. The zero-order valence-electron chi connectivity index (χ0n) is 16.5. The van der Waals surface area contributed by atoms with Crippen molar-refractivity contribution in [2.24, 2.45) is 0 Å². The second-order valence-corrected chi connectivity index (χ2v) is 8.15. The van der Waals surface area contributed by atoms with Crippen LogP contribution in [0.15, 0.2) is 83.5 Å². The minimum absolute atomic E-state index is 0.0898. The number of ketones is 1. The van der Waals surface area contributed by atoms with Gasteiger partial charge in [-0.05, 0) is 23.8 Å². The Labute approximate surface area is 186 Å². The molecule has 32 heavy (non-hydrogen) atoms. The zero-order chi connectivity index (χ0) is 22.2. The maximum Gasteiger partial charge on any atom is 0.392 e. The van der Waals surface area contributed by atoms with E-state index in [1.54, 1.807) is 36.4 Å². The van der Waals surface area contributed by atoms with Crippen molar-refractivity contribution in [3.63, 3.8) is 0 Å². The first kappa shape index (κ1) is 19.7. The van der Waals surface area contributed by atoms with Crippen LogP contribution in [0.1, 0.15) is 25.9 Å². The Morgan fingerprint density at radius 3 is 2.31 bits per heavy atom. The van der Waals surface area contributed by atoms with Crippen molar-refractivity contribution in [1.29, 1.82) is 0 Å². The number of benzene rings is 3. The number of aromatic nitrogens is 1. The van der Waals surface area contributed by atoms with Gasteiger partial charge in [-0.1, -0.05) is 54.6 Å². The van der Waals surface area contributed by atoms with Gasteiger partial charge in [-0.3, -0.25) is 4.79 Å². The van der Waals surface area contributed by atoms with E-state index in [9.17, 15) is 14.7 Å². The van der Waals surface area contributed by atoms with Gasteiger partial charge in [-0.25, -0.2) is 9.78 Å². The van der Waals surface area contributed by atoms with Crippen LogP contribution < -0.4 is 0 Å². The molecule has 5 rings (SSSR count). The van der Waals surface area contributed by atoms with Gasteiger partial charge in [0.15, 0.2) is 0 Å². The Balaban J connectivity index is 1.62. The summed E-state index contributed by atoms with van der Waals surface area (Å²) < 4.78 is 5.79. The van der Waals surface area contributed by atoms with Crippen LogP contribution in [-0.2, 0) is 0 Å². The Kier molecular flexibility index (Phi) is 4.80. The van der Waals surface area contributed by atoms with Gasteiger partial charge in [0.25, 0.3) is 0 Å². The fourth-order valence-electron chi connectivity index (χ4n) is 3.56. The van der Waals surface area contributed by atoms with Gasteiger partial charge in [0.1, 0.15) is 17.7 Å². The van der Waals surface area contributed by atoms with Gasteiger partial charge in [-0.2, -0.15) is 0 Å². The molecule has 2 N–H and O–H groups in total. The van der Waals surface area contributed by atoms with E-state index >= 15 is 0 Å². The number of aromatic hydroxyl groups is 1. The van der Waals surface area contributed by atoms with E-state index in [1.807, 2.05) is 36.4 Å². The largest absolute Gasteiger partial charge is 0.508 e. The third-order valence-electron chi connectivity index (χ3n) is 5.07. The second-order valence-electron chi connectivity index (χ2n) is 7.10. The topological polar surface area (TPSA) is 101 Å². The number of rotatable bonds is 5. The van der Waals surface area contributed by atoms with E-state index in [1.165, 1.54) is 17.6 Å². The van der Waals surface area contributed by atoms with Crippen LogP contribution in [0.4, 0.5) is 0 Å². The van der Waals surface area contributed by atoms with Crippen molar-refractivity contribution in [2.75, 3.05) is 0 Å². The SMILES string of the molecule is O=C(O)c1nc(-c2ccc(-c3c(C(=O)c4ccccc4)sc4cc(O)ccc34)cc2)co1. The molecule has 5 aromatic rings. The van der Waals surface area contributed by atoms with Crippen LogP contribution in [0.2, 0.25) is 0 Å². The van der Waals surface area contributed by atoms with Gasteiger partial charge in [-0.15, -0.1) is 11.3 Å². The highest BCUT2D eigenvalue weighted by Crippen LogP contribution is 2.41. The highest BCUT2D eigenvalue weighted by Gasteiger charge is 2.21. The van der Waals surface area contributed by atoms with E-state index in [2.05, 4.69) is 4.98 Å². The normalized spacial score (nSPS) is 11.0. The summed E-state index contributed by atoms with van der Waals surface area (Å²) in [6, 6.07) is 21.5. The maximum absolute atomic E-state index is 13.3. The molecule has 0 amide bonds. The molecule has 0 aliphatic heterocycles. The predicted octanol–water partition coefficient (Wildman–Crippen LogP) is 5.86. The van der Waals surface area contributed by atoms with Gasteiger partial charge in [0, 0.05) is 26.8 Å². The Morgan fingerprint density at radius 2 is 1.62 bits per heavy atom. The Morgan fingerprint density at radius 1 is 0.906 bits per heavy atom. The molecule has 7 heteroatoms. The highest BCUT2D eigenvalue weighted by molar-refractivity contribution is 7.21. The van der Waals surface area contributed by atoms with E-state index < -0.39 is 5.97 Å². The molecular formula is C25H15NO5S. The third kappa shape index (κ3) is 3.44. The average molecular weight is 441 g/mol. The Bertz CT molecular complexity index is 1470. The van der Waals surface area contributed by atoms with E-state index in [0.717, 1.165) is 21.2 Å². The van der Waals surface area contributed by atoms with Crippen molar-refractivity contribution in [3.05, 3.63) is 95.4 Å². The number of carboxylic acid groups (broad SMARTS) is 1. The van der Waals surface area contributed by atoms with Gasteiger partial charge >= 0.3 is 11.9 Å². The number of hydrogen-bond donors (Lipinski definition) is 2. The van der Waals surface area contributed by atoms with Gasteiger partial charge in [0.2, 0.25) is 5.78 Å². The first-order valence-corrected chi connectivity index (χ1v) is 10.5. The smallest absolute Gasteiger partial charge is 0.392 e. The van der Waals surface area contributed by atoms with E-state index in [4.69, 9.17) is 9.52 Å². The fourth-order valence-corrected chi connectivity index (χ4v) is 4.78. The monoisotopic (exact) mass is 441 g/mol. The number of carbonyl (C=O) groups excluding carboxylic acids is 1. The summed E-state index contributed by atoms with van der Waals surface area (Å²) in [6.07, 6.45) is 1.30. The molecule has 2 aromatic heterocycles. The lowest BCUT2D eigenvalue weighted by Crippen LogP contribution is -2.00. The predicted molar refractivity (Wildman–Crippen MR) is 121 cm³/mol. The number of carboxylic acids is 1. The quantitative estimate of drug-likeness (QED) is 0.331. The molecule has 0 unspecified atom stereocenters. The number of fused-ring (bicyclic) bond motifs is 1. The maximum atomic E-state index is 13.3. The number of phenols is 1. The van der Waals surface area contributed by atoms with Crippen molar-refractivity contribution < 1.29 is 24.2 Å². The number of nitrogens with zero attached hydrogens (tertiary/aromatic N) is 1. The van der Waals surface area contributed by atoms with E-state index in [0.29, 0.717) is 21.7 Å². The minimum atomic E-state index is -1.23. The Hall–Kier alpha value is -4.23. The van der Waals surface area contributed by atoms with Crippen LogP contribution in [0, 0.1) is 0 Å².